The van der Waals surface area contributed by atoms with E-state index in [0.29, 0.717) is 25.1 Å². The zero-order valence-corrected chi connectivity index (χ0v) is 15.0. The van der Waals surface area contributed by atoms with Crippen LogP contribution in [0.3, 0.4) is 0 Å². The van der Waals surface area contributed by atoms with Crippen molar-refractivity contribution in [2.45, 2.75) is 25.4 Å². The van der Waals surface area contributed by atoms with E-state index in [9.17, 15) is 0 Å². The number of hydrogen-bond acceptors (Lipinski definition) is 2. The van der Waals surface area contributed by atoms with Gasteiger partial charge in [-0.15, -0.1) is 0 Å². The first-order valence-electron chi connectivity index (χ1n) is 7.32. The van der Waals surface area contributed by atoms with Crippen molar-refractivity contribution in [2.75, 3.05) is 13.2 Å². The van der Waals surface area contributed by atoms with Crippen molar-refractivity contribution in [3.8, 4) is 5.75 Å². The SMILES string of the molecule is Clc1ccc(I)cc1Cc1c#cc(OCCOC2CC2)cc1. The second kappa shape index (κ2) is 7.54. The molecule has 0 amide bonds. The average Bonchev–Trinajstić information content (AvgIpc) is 3.33. The molecule has 1 fully saturated rings. The molecule has 0 saturated heterocycles. The monoisotopic (exact) mass is 426 g/mol. The normalized spacial score (nSPS) is 13.7. The highest BCUT2D eigenvalue weighted by molar-refractivity contribution is 14.1. The van der Waals surface area contributed by atoms with Crippen LogP contribution in [0, 0.1) is 15.7 Å². The Kier molecular flexibility index (Phi) is 5.46. The van der Waals surface area contributed by atoms with E-state index in [1.54, 1.807) is 0 Å². The summed E-state index contributed by atoms with van der Waals surface area (Å²) in [5, 5.41) is 0.784. The molecule has 0 spiro atoms. The van der Waals surface area contributed by atoms with Crippen molar-refractivity contribution in [3.63, 3.8) is 0 Å². The Morgan fingerprint density at radius 2 is 2.00 bits per heavy atom. The third-order valence-corrected chi connectivity index (χ3v) is 4.43. The summed E-state index contributed by atoms with van der Waals surface area (Å²) in [6, 6.07) is 16.1. The molecule has 1 aliphatic rings. The number of hydrogen-bond donors (Lipinski definition) is 0. The topological polar surface area (TPSA) is 18.5 Å². The molecular formula is C18H16ClIO2. The Hall–Kier alpha value is -0.960. The molecule has 0 aliphatic heterocycles. The summed E-state index contributed by atoms with van der Waals surface area (Å²) >= 11 is 8.52. The van der Waals surface area contributed by atoms with Gasteiger partial charge in [-0.2, -0.15) is 0 Å². The van der Waals surface area contributed by atoms with E-state index in [2.05, 4.69) is 40.8 Å². The lowest BCUT2D eigenvalue weighted by atomic mass is 10.1. The van der Waals surface area contributed by atoms with Crippen LogP contribution in [0.2, 0.25) is 5.02 Å². The van der Waals surface area contributed by atoms with E-state index in [-0.39, 0.29) is 0 Å². The summed E-state index contributed by atoms with van der Waals surface area (Å²) in [4.78, 5) is 0. The van der Waals surface area contributed by atoms with Gasteiger partial charge in [0.1, 0.15) is 6.61 Å². The fraction of sp³-hybridized carbons (Fsp3) is 0.333. The minimum absolute atomic E-state index is 0.472. The Morgan fingerprint density at radius 3 is 2.73 bits per heavy atom. The molecule has 0 heterocycles. The van der Waals surface area contributed by atoms with Gasteiger partial charge in [-0.1, -0.05) is 17.7 Å². The standard InChI is InChI=1S/C18H16ClIO2/c19-18-8-3-15(20)12-14(18)11-13-1-4-16(5-2-13)21-9-10-22-17-6-7-17/h1,3-4,8,12,17H,6-7,9-11H2. The molecule has 2 aromatic rings. The number of benzene rings is 1. The molecule has 1 aliphatic carbocycles. The largest absolute Gasteiger partial charge is 0.483 e. The molecule has 2 nitrogen and oxygen atoms in total. The lowest BCUT2D eigenvalue weighted by Crippen LogP contribution is -2.07. The molecule has 1 saturated carbocycles. The molecule has 0 unspecified atom stereocenters. The first-order valence-corrected chi connectivity index (χ1v) is 8.77. The molecule has 0 aromatic heterocycles. The molecule has 0 atom stereocenters. The summed E-state index contributed by atoms with van der Waals surface area (Å²) < 4.78 is 12.3. The molecule has 0 N–H and O–H groups in total. The van der Waals surface area contributed by atoms with Gasteiger partial charge in [-0.25, -0.2) is 0 Å². The lowest BCUT2D eigenvalue weighted by Gasteiger charge is -2.06. The minimum Gasteiger partial charge on any atom is -0.483 e. The fourth-order valence-electron chi connectivity index (χ4n) is 2.07. The summed E-state index contributed by atoms with van der Waals surface area (Å²) in [6.07, 6.45) is 3.60. The van der Waals surface area contributed by atoms with Gasteiger partial charge < -0.3 is 9.47 Å². The van der Waals surface area contributed by atoms with Gasteiger partial charge in [0.25, 0.3) is 0 Å². The molecule has 0 radical (unpaired) electrons. The van der Waals surface area contributed by atoms with E-state index >= 15 is 0 Å². The first-order chi connectivity index (χ1) is 10.7. The van der Waals surface area contributed by atoms with Crippen LogP contribution >= 0.6 is 34.2 Å². The van der Waals surface area contributed by atoms with Crippen LogP contribution in [0.1, 0.15) is 24.0 Å². The number of ether oxygens (including phenoxy) is 2. The van der Waals surface area contributed by atoms with Crippen LogP contribution in [0.4, 0.5) is 0 Å². The predicted molar refractivity (Wildman–Crippen MR) is 95.6 cm³/mol. The molecule has 0 bridgehead atoms. The smallest absolute Gasteiger partial charge is 0.170 e. The molecular weight excluding hydrogens is 411 g/mol. The Labute approximate surface area is 149 Å². The minimum atomic E-state index is 0.472. The molecule has 2 aromatic carbocycles. The van der Waals surface area contributed by atoms with Gasteiger partial charge in [0.15, 0.2) is 5.75 Å². The van der Waals surface area contributed by atoms with Crippen LogP contribution < -0.4 is 4.74 Å². The lowest BCUT2D eigenvalue weighted by molar-refractivity contribution is 0.0881. The summed E-state index contributed by atoms with van der Waals surface area (Å²) in [5.74, 6) is 0.705. The van der Waals surface area contributed by atoms with Crippen molar-refractivity contribution >= 4 is 34.2 Å². The summed E-state index contributed by atoms with van der Waals surface area (Å²) in [7, 11) is 0. The summed E-state index contributed by atoms with van der Waals surface area (Å²) in [6.45, 7) is 1.20. The van der Waals surface area contributed by atoms with Crippen LogP contribution in [0.5, 0.6) is 5.75 Å². The fourth-order valence-corrected chi connectivity index (χ4v) is 2.81. The van der Waals surface area contributed by atoms with Crippen LogP contribution in [0.25, 0.3) is 0 Å². The molecule has 22 heavy (non-hydrogen) atoms. The maximum atomic E-state index is 6.23. The van der Waals surface area contributed by atoms with E-state index in [4.69, 9.17) is 21.1 Å². The molecule has 114 valence electrons. The highest BCUT2D eigenvalue weighted by atomic mass is 127. The maximum absolute atomic E-state index is 6.23. The highest BCUT2D eigenvalue weighted by Gasteiger charge is 2.21. The van der Waals surface area contributed by atoms with E-state index < -0.39 is 0 Å². The zero-order valence-electron chi connectivity index (χ0n) is 12.1. The third-order valence-electron chi connectivity index (χ3n) is 3.39. The van der Waals surface area contributed by atoms with E-state index in [0.717, 1.165) is 22.6 Å². The Morgan fingerprint density at radius 1 is 1.14 bits per heavy atom. The van der Waals surface area contributed by atoms with Gasteiger partial charge in [-0.3, -0.25) is 0 Å². The van der Waals surface area contributed by atoms with Crippen molar-refractivity contribution < 1.29 is 9.47 Å². The number of rotatable bonds is 7. The van der Waals surface area contributed by atoms with Crippen molar-refractivity contribution in [3.05, 3.63) is 62.2 Å². The maximum Gasteiger partial charge on any atom is 0.170 e. The van der Waals surface area contributed by atoms with Crippen LogP contribution in [-0.2, 0) is 11.2 Å². The van der Waals surface area contributed by atoms with Crippen LogP contribution in [-0.4, -0.2) is 19.3 Å². The van der Waals surface area contributed by atoms with Crippen molar-refractivity contribution in [1.82, 2.24) is 0 Å². The average molecular weight is 427 g/mol. The van der Waals surface area contributed by atoms with E-state index in [1.165, 1.54) is 16.4 Å². The zero-order chi connectivity index (χ0) is 15.4. The van der Waals surface area contributed by atoms with Crippen LogP contribution in [0.15, 0.2) is 30.3 Å². The van der Waals surface area contributed by atoms with Gasteiger partial charge in [-0.05, 0) is 77.4 Å². The number of halogens is 2. The van der Waals surface area contributed by atoms with Crippen molar-refractivity contribution in [2.24, 2.45) is 0 Å². The Balaban J connectivity index is 1.53. The van der Waals surface area contributed by atoms with Gasteiger partial charge in [0.05, 0.1) is 12.7 Å². The van der Waals surface area contributed by atoms with Gasteiger partial charge >= 0.3 is 0 Å². The van der Waals surface area contributed by atoms with Gasteiger partial charge in [0, 0.05) is 20.6 Å². The second-order valence-corrected chi connectivity index (χ2v) is 6.96. The molecule has 4 heteroatoms. The van der Waals surface area contributed by atoms with Gasteiger partial charge in [0.2, 0.25) is 0 Å². The second-order valence-electron chi connectivity index (χ2n) is 5.30. The third kappa shape index (κ3) is 4.77. The quantitative estimate of drug-likeness (QED) is 0.472. The van der Waals surface area contributed by atoms with E-state index in [1.807, 2.05) is 24.3 Å². The molecule has 3 rings (SSSR count). The van der Waals surface area contributed by atoms with Crippen molar-refractivity contribution in [1.29, 1.82) is 0 Å². The highest BCUT2D eigenvalue weighted by Crippen LogP contribution is 2.23. The predicted octanol–water partition coefficient (Wildman–Crippen LogP) is 4.69. The summed E-state index contributed by atoms with van der Waals surface area (Å²) in [5.41, 5.74) is 2.15. The first kappa shape index (κ1) is 15.9. The Bertz CT molecular complexity index is 623.